The Balaban J connectivity index is 2.35. The Bertz CT molecular complexity index is 354. The third-order valence-electron chi connectivity index (χ3n) is 3.21. The number of Topliss-reactive ketones (excluding diaryl/α,β-unsaturated/α-hetero) is 1. The van der Waals surface area contributed by atoms with E-state index in [1.54, 1.807) is 0 Å². The van der Waals surface area contributed by atoms with Crippen LogP contribution in [0.3, 0.4) is 0 Å². The number of rotatable bonds is 8. The molecule has 0 amide bonds. The maximum Gasteiger partial charge on any atom is 0.137 e. The standard InChI is InChI=1S/C16H25NO/c1-13(2)15-9-7-14(8-10-15)12-16(18)6-4-3-5-11-17/h7-10,13H,3-6,11-12,17H2,1-2H3. The summed E-state index contributed by atoms with van der Waals surface area (Å²) in [7, 11) is 0. The van der Waals surface area contributed by atoms with Crippen LogP contribution in [0.2, 0.25) is 0 Å². The van der Waals surface area contributed by atoms with Gasteiger partial charge in [-0.2, -0.15) is 0 Å². The molecule has 0 unspecified atom stereocenters. The molecule has 0 aliphatic heterocycles. The van der Waals surface area contributed by atoms with Crippen LogP contribution in [0.15, 0.2) is 24.3 Å². The monoisotopic (exact) mass is 247 g/mol. The number of unbranched alkanes of at least 4 members (excludes halogenated alkanes) is 2. The summed E-state index contributed by atoms with van der Waals surface area (Å²) in [5.41, 5.74) is 7.88. The molecule has 0 aliphatic rings. The highest BCUT2D eigenvalue weighted by Gasteiger charge is 2.04. The van der Waals surface area contributed by atoms with Crippen molar-refractivity contribution in [2.45, 2.75) is 51.9 Å². The molecule has 2 heteroatoms. The largest absolute Gasteiger partial charge is 0.330 e. The van der Waals surface area contributed by atoms with Gasteiger partial charge in [0.15, 0.2) is 0 Å². The van der Waals surface area contributed by atoms with Crippen LogP contribution in [0, 0.1) is 0 Å². The van der Waals surface area contributed by atoms with E-state index in [4.69, 9.17) is 5.73 Å². The second-order valence-corrected chi connectivity index (χ2v) is 5.21. The van der Waals surface area contributed by atoms with E-state index in [1.807, 2.05) is 0 Å². The predicted octanol–water partition coefficient (Wildman–Crippen LogP) is 3.44. The third-order valence-corrected chi connectivity index (χ3v) is 3.21. The highest BCUT2D eigenvalue weighted by atomic mass is 16.1. The van der Waals surface area contributed by atoms with Crippen molar-refractivity contribution in [1.29, 1.82) is 0 Å². The molecule has 0 heterocycles. The van der Waals surface area contributed by atoms with Gasteiger partial charge in [0.25, 0.3) is 0 Å². The summed E-state index contributed by atoms with van der Waals surface area (Å²) in [5, 5.41) is 0. The summed E-state index contributed by atoms with van der Waals surface area (Å²) in [6, 6.07) is 8.41. The summed E-state index contributed by atoms with van der Waals surface area (Å²) in [5.74, 6) is 0.885. The molecule has 0 fully saturated rings. The van der Waals surface area contributed by atoms with Crippen molar-refractivity contribution in [3.63, 3.8) is 0 Å². The molecule has 0 aromatic heterocycles. The molecule has 100 valence electrons. The van der Waals surface area contributed by atoms with Crippen LogP contribution in [0.4, 0.5) is 0 Å². The average molecular weight is 247 g/mol. The van der Waals surface area contributed by atoms with Gasteiger partial charge in [-0.3, -0.25) is 4.79 Å². The minimum absolute atomic E-state index is 0.337. The van der Waals surface area contributed by atoms with Gasteiger partial charge in [0.1, 0.15) is 5.78 Å². The highest BCUT2D eigenvalue weighted by Crippen LogP contribution is 2.15. The number of hydrogen-bond donors (Lipinski definition) is 1. The van der Waals surface area contributed by atoms with E-state index in [9.17, 15) is 4.79 Å². The zero-order valence-electron chi connectivity index (χ0n) is 11.6. The lowest BCUT2D eigenvalue weighted by atomic mass is 9.99. The van der Waals surface area contributed by atoms with Crippen molar-refractivity contribution in [2.75, 3.05) is 6.54 Å². The Hall–Kier alpha value is -1.15. The molecule has 0 spiro atoms. The van der Waals surface area contributed by atoms with E-state index in [1.165, 1.54) is 5.56 Å². The lowest BCUT2D eigenvalue weighted by Gasteiger charge is -2.06. The Kier molecular flexibility index (Phi) is 6.66. The minimum Gasteiger partial charge on any atom is -0.330 e. The minimum atomic E-state index is 0.337. The fraction of sp³-hybridized carbons (Fsp3) is 0.562. The molecule has 1 rings (SSSR count). The lowest BCUT2D eigenvalue weighted by molar-refractivity contribution is -0.118. The zero-order chi connectivity index (χ0) is 13.4. The van der Waals surface area contributed by atoms with E-state index >= 15 is 0 Å². The van der Waals surface area contributed by atoms with Gasteiger partial charge in [-0.25, -0.2) is 0 Å². The van der Waals surface area contributed by atoms with Crippen molar-refractivity contribution >= 4 is 5.78 Å². The van der Waals surface area contributed by atoms with Crippen molar-refractivity contribution in [1.82, 2.24) is 0 Å². The van der Waals surface area contributed by atoms with Crippen LogP contribution in [0.25, 0.3) is 0 Å². The molecule has 2 N–H and O–H groups in total. The van der Waals surface area contributed by atoms with Crippen LogP contribution in [-0.2, 0) is 11.2 Å². The van der Waals surface area contributed by atoms with E-state index < -0.39 is 0 Å². The summed E-state index contributed by atoms with van der Waals surface area (Å²) in [6.07, 6.45) is 4.32. The second-order valence-electron chi connectivity index (χ2n) is 5.21. The molecule has 18 heavy (non-hydrogen) atoms. The number of carbonyl (C=O) groups is 1. The van der Waals surface area contributed by atoms with Crippen LogP contribution < -0.4 is 5.73 Å². The van der Waals surface area contributed by atoms with Crippen molar-refractivity contribution in [3.8, 4) is 0 Å². The Morgan fingerprint density at radius 2 is 1.78 bits per heavy atom. The number of hydrogen-bond acceptors (Lipinski definition) is 2. The molecular weight excluding hydrogens is 222 g/mol. The fourth-order valence-electron chi connectivity index (χ4n) is 1.98. The van der Waals surface area contributed by atoms with Crippen LogP contribution in [0.1, 0.15) is 56.6 Å². The van der Waals surface area contributed by atoms with Gasteiger partial charge in [-0.15, -0.1) is 0 Å². The van der Waals surface area contributed by atoms with Gasteiger partial charge in [0, 0.05) is 12.8 Å². The first kappa shape index (κ1) is 14.9. The van der Waals surface area contributed by atoms with Gasteiger partial charge in [-0.1, -0.05) is 44.5 Å². The third kappa shape index (κ3) is 5.46. The van der Waals surface area contributed by atoms with Crippen LogP contribution in [0.5, 0.6) is 0 Å². The Morgan fingerprint density at radius 1 is 1.11 bits per heavy atom. The summed E-state index contributed by atoms with van der Waals surface area (Å²) >= 11 is 0. The summed E-state index contributed by atoms with van der Waals surface area (Å²) in [6.45, 7) is 5.08. The average Bonchev–Trinajstić information content (AvgIpc) is 2.35. The van der Waals surface area contributed by atoms with Gasteiger partial charge in [0.05, 0.1) is 0 Å². The van der Waals surface area contributed by atoms with Gasteiger partial charge < -0.3 is 5.73 Å². The quantitative estimate of drug-likeness (QED) is 0.715. The van der Waals surface area contributed by atoms with Crippen molar-refractivity contribution in [3.05, 3.63) is 35.4 Å². The molecule has 1 aromatic rings. The fourth-order valence-corrected chi connectivity index (χ4v) is 1.98. The lowest BCUT2D eigenvalue weighted by Crippen LogP contribution is -2.04. The Labute approximate surface area is 111 Å². The van der Waals surface area contributed by atoms with E-state index in [0.717, 1.165) is 31.4 Å². The molecule has 0 saturated heterocycles. The first-order valence-corrected chi connectivity index (χ1v) is 6.94. The van der Waals surface area contributed by atoms with Crippen LogP contribution >= 0.6 is 0 Å². The zero-order valence-corrected chi connectivity index (χ0v) is 11.6. The summed E-state index contributed by atoms with van der Waals surface area (Å²) in [4.78, 5) is 11.8. The molecule has 0 radical (unpaired) electrons. The van der Waals surface area contributed by atoms with Gasteiger partial charge in [-0.05, 0) is 36.4 Å². The highest BCUT2D eigenvalue weighted by molar-refractivity contribution is 5.80. The topological polar surface area (TPSA) is 43.1 Å². The molecule has 0 aliphatic carbocycles. The van der Waals surface area contributed by atoms with Crippen molar-refractivity contribution in [2.24, 2.45) is 5.73 Å². The molecular formula is C16H25NO. The summed E-state index contributed by atoms with van der Waals surface area (Å²) < 4.78 is 0. The first-order chi connectivity index (χ1) is 8.63. The smallest absolute Gasteiger partial charge is 0.137 e. The molecule has 0 atom stereocenters. The van der Waals surface area contributed by atoms with E-state index in [2.05, 4.69) is 38.1 Å². The predicted molar refractivity (Wildman–Crippen MR) is 76.8 cm³/mol. The van der Waals surface area contributed by atoms with Gasteiger partial charge in [0.2, 0.25) is 0 Å². The first-order valence-electron chi connectivity index (χ1n) is 6.94. The number of ketones is 1. The molecule has 0 saturated carbocycles. The van der Waals surface area contributed by atoms with Gasteiger partial charge >= 0.3 is 0 Å². The van der Waals surface area contributed by atoms with E-state index in [-0.39, 0.29) is 0 Å². The number of carbonyl (C=O) groups excluding carboxylic acids is 1. The van der Waals surface area contributed by atoms with E-state index in [0.29, 0.717) is 24.5 Å². The Morgan fingerprint density at radius 3 is 2.33 bits per heavy atom. The molecule has 2 nitrogen and oxygen atoms in total. The second kappa shape index (κ2) is 8.04. The number of nitrogens with two attached hydrogens (primary N) is 1. The molecule has 1 aromatic carbocycles. The SMILES string of the molecule is CC(C)c1ccc(CC(=O)CCCCCN)cc1. The van der Waals surface area contributed by atoms with Crippen LogP contribution in [-0.4, -0.2) is 12.3 Å². The number of benzene rings is 1. The molecule has 0 bridgehead atoms. The maximum absolute atomic E-state index is 11.8. The maximum atomic E-state index is 11.8. The normalized spacial score (nSPS) is 10.9. The van der Waals surface area contributed by atoms with Crippen molar-refractivity contribution < 1.29 is 4.79 Å².